The Labute approximate surface area is 280 Å². The zero-order valence-electron chi connectivity index (χ0n) is 26.3. The fourth-order valence-electron chi connectivity index (χ4n) is 6.00. The molecule has 0 spiro atoms. The van der Waals surface area contributed by atoms with Gasteiger partial charge in [-0.05, 0) is 85.5 Å². The Kier molecular flexibility index (Phi) is 8.76. The Morgan fingerprint density at radius 1 is 0.980 bits per heavy atom. The molecule has 0 bridgehead atoms. The molecular formula is C34H29F6N3O5S. The van der Waals surface area contributed by atoms with Crippen LogP contribution in [0.25, 0.3) is 22.3 Å². The summed E-state index contributed by atoms with van der Waals surface area (Å²) in [7, 11) is 1.48. The average molecular weight is 706 g/mol. The molecule has 1 N–H and O–H groups in total. The lowest BCUT2D eigenvalue weighted by atomic mass is 9.96. The Bertz CT molecular complexity index is 1910. The quantitative estimate of drug-likeness (QED) is 0.183. The van der Waals surface area contributed by atoms with Crippen LogP contribution in [0.2, 0.25) is 0 Å². The third-order valence-corrected chi connectivity index (χ3v) is 9.76. The number of anilines is 1. The molecule has 1 amide bonds. The van der Waals surface area contributed by atoms with Crippen LogP contribution in [0.1, 0.15) is 56.4 Å². The van der Waals surface area contributed by atoms with Gasteiger partial charge in [0.15, 0.2) is 0 Å². The first kappa shape index (κ1) is 34.1. The number of carbonyl (C=O) groups excluding carboxylic acids is 1. The van der Waals surface area contributed by atoms with Crippen LogP contribution in [0, 0.1) is 6.92 Å². The summed E-state index contributed by atoms with van der Waals surface area (Å²) in [5, 5.41) is 9.52. The second-order valence-corrected chi connectivity index (χ2v) is 13.1. The average Bonchev–Trinajstić information content (AvgIpc) is 3.54. The number of alkyl halides is 6. The highest BCUT2D eigenvalue weighted by molar-refractivity contribution is 7.14. The lowest BCUT2D eigenvalue weighted by molar-refractivity contribution is -0.143. The largest absolute Gasteiger partial charge is 0.496 e. The minimum Gasteiger partial charge on any atom is -0.496 e. The molecule has 2 aromatic carbocycles. The minimum absolute atomic E-state index is 0.0295. The van der Waals surface area contributed by atoms with Crippen molar-refractivity contribution in [3.05, 3.63) is 86.7 Å². The molecule has 4 heterocycles. The molecule has 4 aromatic rings. The van der Waals surface area contributed by atoms with Crippen molar-refractivity contribution in [3.8, 4) is 28.0 Å². The van der Waals surface area contributed by atoms with E-state index in [0.717, 1.165) is 35.7 Å². The molecule has 2 aliphatic heterocycles. The Morgan fingerprint density at radius 3 is 2.20 bits per heavy atom. The number of amides is 1. The van der Waals surface area contributed by atoms with Gasteiger partial charge in [0.1, 0.15) is 22.5 Å². The number of rotatable bonds is 8. The van der Waals surface area contributed by atoms with E-state index in [1.807, 2.05) is 30.0 Å². The van der Waals surface area contributed by atoms with E-state index in [0.29, 0.717) is 51.6 Å². The lowest BCUT2D eigenvalue weighted by Gasteiger charge is -2.33. The summed E-state index contributed by atoms with van der Waals surface area (Å²) in [4.78, 5) is 34.0. The second kappa shape index (κ2) is 12.6. The van der Waals surface area contributed by atoms with E-state index in [-0.39, 0.29) is 17.5 Å². The molecule has 49 heavy (non-hydrogen) atoms. The number of ether oxygens (including phenoxy) is 2. The molecule has 0 aliphatic carbocycles. The summed E-state index contributed by atoms with van der Waals surface area (Å²) in [6, 6.07) is 10.7. The summed E-state index contributed by atoms with van der Waals surface area (Å²) >= 11 is 1.14. The number of carboxylic acid groups (broad SMARTS) is 1. The van der Waals surface area contributed by atoms with Crippen molar-refractivity contribution in [2.45, 2.75) is 51.3 Å². The van der Waals surface area contributed by atoms with Gasteiger partial charge in [-0.1, -0.05) is 6.07 Å². The molecule has 8 nitrogen and oxygen atoms in total. The molecule has 2 saturated heterocycles. The number of carboxylic acids is 1. The number of cyclic esters (lactones) is 1. The van der Waals surface area contributed by atoms with Crippen LogP contribution >= 0.6 is 11.3 Å². The maximum atomic E-state index is 13.6. The van der Waals surface area contributed by atoms with Gasteiger partial charge in [0, 0.05) is 29.1 Å². The molecule has 2 aromatic heterocycles. The maximum Gasteiger partial charge on any atom is 0.416 e. The zero-order chi connectivity index (χ0) is 35.4. The number of aryl methyl sites for hydroxylation is 1. The van der Waals surface area contributed by atoms with Crippen molar-refractivity contribution >= 4 is 29.2 Å². The second-order valence-electron chi connectivity index (χ2n) is 11.8. The monoisotopic (exact) mass is 705 g/mol. The van der Waals surface area contributed by atoms with Gasteiger partial charge in [-0.25, -0.2) is 14.6 Å². The number of aromatic carboxylic acids is 1. The van der Waals surface area contributed by atoms with E-state index in [4.69, 9.17) is 14.5 Å². The van der Waals surface area contributed by atoms with Gasteiger partial charge < -0.3 is 19.5 Å². The molecule has 0 radical (unpaired) electrons. The highest BCUT2D eigenvalue weighted by atomic mass is 32.1. The number of halogens is 6. The van der Waals surface area contributed by atoms with E-state index >= 15 is 0 Å². The highest BCUT2D eigenvalue weighted by Gasteiger charge is 2.43. The zero-order valence-corrected chi connectivity index (χ0v) is 27.1. The molecular weight excluding hydrogens is 676 g/mol. The number of aromatic nitrogens is 1. The number of thiophene rings is 1. The number of nitrogens with zero attached hydrogens (tertiary/aromatic N) is 3. The third-order valence-electron chi connectivity index (χ3n) is 8.72. The molecule has 0 unspecified atom stereocenters. The van der Waals surface area contributed by atoms with Crippen LogP contribution in [0.5, 0.6) is 5.75 Å². The first-order chi connectivity index (χ1) is 23.0. The van der Waals surface area contributed by atoms with Crippen LogP contribution in [-0.2, 0) is 23.6 Å². The maximum absolute atomic E-state index is 13.6. The SMILES string of the molecule is COc1ccc(-c2cc(C(=O)O)sc2C)cc1-c1ccc(N2CCC2)nc1CN1C(=O)O[C@H](c2cc(C(F)(F)F)cc(C(F)(F)F)c2)[C@@H]1C. The highest BCUT2D eigenvalue weighted by Crippen LogP contribution is 2.43. The Balaban J connectivity index is 1.41. The van der Waals surface area contributed by atoms with Crippen LogP contribution < -0.4 is 9.64 Å². The van der Waals surface area contributed by atoms with Crippen LogP contribution in [0.3, 0.4) is 0 Å². The van der Waals surface area contributed by atoms with Crippen molar-refractivity contribution < 1.29 is 50.5 Å². The van der Waals surface area contributed by atoms with Gasteiger partial charge in [-0.2, -0.15) is 26.3 Å². The van der Waals surface area contributed by atoms with Crippen molar-refractivity contribution in [3.63, 3.8) is 0 Å². The van der Waals surface area contributed by atoms with Crippen molar-refractivity contribution in [2.24, 2.45) is 0 Å². The number of carbonyl (C=O) groups is 2. The first-order valence-electron chi connectivity index (χ1n) is 15.1. The third kappa shape index (κ3) is 6.63. The summed E-state index contributed by atoms with van der Waals surface area (Å²) in [5.41, 5.74) is -0.527. The number of pyridine rings is 1. The van der Waals surface area contributed by atoms with Gasteiger partial charge in [0.25, 0.3) is 0 Å². The molecule has 2 atom stereocenters. The predicted molar refractivity (Wildman–Crippen MR) is 169 cm³/mol. The van der Waals surface area contributed by atoms with E-state index < -0.39 is 53.3 Å². The van der Waals surface area contributed by atoms with Crippen LogP contribution in [0.15, 0.2) is 54.6 Å². The Hall–Kier alpha value is -4.79. The predicted octanol–water partition coefficient (Wildman–Crippen LogP) is 8.82. The van der Waals surface area contributed by atoms with Crippen molar-refractivity contribution in [2.75, 3.05) is 25.1 Å². The van der Waals surface area contributed by atoms with Crippen molar-refractivity contribution in [1.82, 2.24) is 9.88 Å². The first-order valence-corrected chi connectivity index (χ1v) is 15.9. The van der Waals surface area contributed by atoms with E-state index in [1.54, 1.807) is 18.2 Å². The summed E-state index contributed by atoms with van der Waals surface area (Å²) in [6.45, 7) is 4.63. The molecule has 15 heteroatoms. The van der Waals surface area contributed by atoms with E-state index in [2.05, 4.69) is 0 Å². The number of hydrogen-bond donors (Lipinski definition) is 1. The van der Waals surface area contributed by atoms with E-state index in [1.165, 1.54) is 18.9 Å². The fourth-order valence-corrected chi connectivity index (χ4v) is 6.88. The normalized spacial score (nSPS) is 18.0. The van der Waals surface area contributed by atoms with Gasteiger partial charge in [0.2, 0.25) is 0 Å². The van der Waals surface area contributed by atoms with Gasteiger partial charge in [0.05, 0.1) is 36.5 Å². The number of benzene rings is 2. The van der Waals surface area contributed by atoms with Gasteiger partial charge in [-0.3, -0.25) is 4.90 Å². The van der Waals surface area contributed by atoms with Crippen molar-refractivity contribution in [1.29, 1.82) is 0 Å². The number of hydrogen-bond acceptors (Lipinski definition) is 7. The fraction of sp³-hybridized carbons (Fsp3) is 0.324. The van der Waals surface area contributed by atoms with E-state index in [9.17, 15) is 41.0 Å². The van der Waals surface area contributed by atoms with Gasteiger partial charge >= 0.3 is 24.4 Å². The summed E-state index contributed by atoms with van der Waals surface area (Å²) in [5.74, 6) is 0.0311. The lowest BCUT2D eigenvalue weighted by Crippen LogP contribution is -2.38. The summed E-state index contributed by atoms with van der Waals surface area (Å²) in [6.07, 6.45) is -11.5. The smallest absolute Gasteiger partial charge is 0.416 e. The molecule has 2 fully saturated rings. The molecule has 0 saturated carbocycles. The van der Waals surface area contributed by atoms with Crippen LogP contribution in [0.4, 0.5) is 37.0 Å². The van der Waals surface area contributed by atoms with Gasteiger partial charge in [-0.15, -0.1) is 11.3 Å². The Morgan fingerprint density at radius 2 is 1.65 bits per heavy atom. The molecule has 6 rings (SSSR count). The standard InChI is InChI=1S/C34H29F6N3O5S/c1-17-30(20-11-21(33(35,36)37)14-22(12-20)34(38,39)40)48-32(46)43(17)16-26-23(6-8-29(41-26)42-9-4-10-42)25-13-19(5-7-27(25)47-3)24-15-28(31(44)45)49-18(24)2/h5-8,11-15,17,30H,4,9-10,16H2,1-3H3,(H,44,45)/t17-,30-/m0/s1. The molecule has 2 aliphatic rings. The number of methoxy groups -OCH3 is 1. The minimum atomic E-state index is -5.07. The topological polar surface area (TPSA) is 92.2 Å². The molecule has 258 valence electrons. The summed E-state index contributed by atoms with van der Waals surface area (Å²) < 4.78 is 92.9. The van der Waals surface area contributed by atoms with Crippen LogP contribution in [-0.4, -0.2) is 53.3 Å².